The van der Waals surface area contributed by atoms with Crippen molar-refractivity contribution in [2.75, 3.05) is 13.2 Å². The zero-order valence-electron chi connectivity index (χ0n) is 10.5. The molecular weight excluding hydrogens is 327 g/mol. The van der Waals surface area contributed by atoms with Crippen molar-refractivity contribution in [1.29, 1.82) is 0 Å². The van der Waals surface area contributed by atoms with E-state index in [2.05, 4.69) is 15.9 Å². The van der Waals surface area contributed by atoms with Crippen LogP contribution < -0.4 is 9.47 Å². The van der Waals surface area contributed by atoms with E-state index in [1.807, 2.05) is 24.3 Å². The molecule has 0 heterocycles. The predicted molar refractivity (Wildman–Crippen MR) is 76.9 cm³/mol. The van der Waals surface area contributed by atoms with Crippen LogP contribution in [0.15, 0.2) is 46.9 Å². The second-order valence-corrected chi connectivity index (χ2v) is 4.84. The summed E-state index contributed by atoms with van der Waals surface area (Å²) in [6.07, 6.45) is 0.563. The Morgan fingerprint density at radius 1 is 1.05 bits per heavy atom. The second-order valence-electron chi connectivity index (χ2n) is 3.93. The van der Waals surface area contributed by atoms with Gasteiger partial charge in [0, 0.05) is 4.47 Å². The third kappa shape index (κ3) is 3.81. The molecule has 0 N–H and O–H groups in total. The Balaban J connectivity index is 1.87. The number of hydrogen-bond acceptors (Lipinski definition) is 3. The first-order valence-electron chi connectivity index (χ1n) is 5.95. The molecule has 0 amide bonds. The maximum absolute atomic E-state index is 13.5. The summed E-state index contributed by atoms with van der Waals surface area (Å²) in [7, 11) is 0. The maximum Gasteiger partial charge on any atom is 0.165 e. The van der Waals surface area contributed by atoms with E-state index in [1.165, 1.54) is 18.2 Å². The molecule has 5 heteroatoms. The average molecular weight is 339 g/mol. The highest BCUT2D eigenvalue weighted by Crippen LogP contribution is 2.21. The van der Waals surface area contributed by atoms with Gasteiger partial charge in [0.2, 0.25) is 0 Å². The van der Waals surface area contributed by atoms with E-state index in [4.69, 9.17) is 9.47 Å². The smallest absolute Gasteiger partial charge is 0.165 e. The maximum atomic E-state index is 13.5. The van der Waals surface area contributed by atoms with Gasteiger partial charge < -0.3 is 9.47 Å². The molecule has 0 atom stereocenters. The number of ether oxygens (including phenoxy) is 2. The van der Waals surface area contributed by atoms with Gasteiger partial charge in [-0.3, -0.25) is 4.79 Å². The summed E-state index contributed by atoms with van der Waals surface area (Å²) >= 11 is 3.33. The van der Waals surface area contributed by atoms with Crippen molar-refractivity contribution >= 4 is 22.2 Å². The Hall–Kier alpha value is -1.88. The van der Waals surface area contributed by atoms with Crippen molar-refractivity contribution in [1.82, 2.24) is 0 Å². The molecule has 0 saturated carbocycles. The van der Waals surface area contributed by atoms with E-state index in [0.717, 1.165) is 4.47 Å². The lowest BCUT2D eigenvalue weighted by Gasteiger charge is -2.10. The fourth-order valence-corrected chi connectivity index (χ4v) is 1.87. The summed E-state index contributed by atoms with van der Waals surface area (Å²) in [5, 5.41) is 0. The van der Waals surface area contributed by atoms with E-state index in [0.29, 0.717) is 12.0 Å². The summed E-state index contributed by atoms with van der Waals surface area (Å²) in [5.41, 5.74) is 0.189. The summed E-state index contributed by atoms with van der Waals surface area (Å²) in [4.78, 5) is 10.8. The SMILES string of the molecule is O=Cc1cccc(F)c1OCCOc1ccc(Br)cc1. The van der Waals surface area contributed by atoms with Crippen LogP contribution in [-0.2, 0) is 0 Å². The molecule has 0 aromatic heterocycles. The molecule has 0 saturated heterocycles. The van der Waals surface area contributed by atoms with E-state index < -0.39 is 5.82 Å². The molecule has 0 unspecified atom stereocenters. The Morgan fingerprint density at radius 3 is 2.45 bits per heavy atom. The van der Waals surface area contributed by atoms with Crippen LogP contribution in [0.5, 0.6) is 11.5 Å². The third-order valence-corrected chi connectivity index (χ3v) is 3.07. The first-order valence-corrected chi connectivity index (χ1v) is 6.75. The number of carbonyl (C=O) groups excluding carboxylic acids is 1. The van der Waals surface area contributed by atoms with Gasteiger partial charge in [-0.25, -0.2) is 4.39 Å². The number of para-hydroxylation sites is 1. The van der Waals surface area contributed by atoms with Gasteiger partial charge in [-0.1, -0.05) is 22.0 Å². The van der Waals surface area contributed by atoms with Crippen LogP contribution in [0.25, 0.3) is 0 Å². The van der Waals surface area contributed by atoms with Crippen molar-refractivity contribution in [3.05, 3.63) is 58.3 Å². The molecule has 0 aliphatic heterocycles. The molecule has 2 aromatic rings. The monoisotopic (exact) mass is 338 g/mol. The summed E-state index contributed by atoms with van der Waals surface area (Å²) in [5.74, 6) is 0.0982. The van der Waals surface area contributed by atoms with Crippen LogP contribution in [0.3, 0.4) is 0 Å². The van der Waals surface area contributed by atoms with Gasteiger partial charge in [0.15, 0.2) is 17.9 Å². The van der Waals surface area contributed by atoms with E-state index >= 15 is 0 Å². The molecular formula is C15H12BrFO3. The largest absolute Gasteiger partial charge is 0.490 e. The zero-order chi connectivity index (χ0) is 14.4. The van der Waals surface area contributed by atoms with E-state index in [1.54, 1.807) is 0 Å². The summed E-state index contributed by atoms with van der Waals surface area (Å²) in [6.45, 7) is 0.409. The van der Waals surface area contributed by atoms with Crippen molar-refractivity contribution < 1.29 is 18.7 Å². The van der Waals surface area contributed by atoms with Crippen molar-refractivity contribution in [2.24, 2.45) is 0 Å². The summed E-state index contributed by atoms with van der Waals surface area (Å²) < 4.78 is 25.2. The molecule has 0 aliphatic rings. The van der Waals surface area contributed by atoms with Gasteiger partial charge in [0.25, 0.3) is 0 Å². The molecule has 3 nitrogen and oxygen atoms in total. The number of carbonyl (C=O) groups is 1. The Bertz CT molecular complexity index is 584. The number of rotatable bonds is 6. The number of aldehydes is 1. The predicted octanol–water partition coefficient (Wildman–Crippen LogP) is 3.86. The number of hydrogen-bond donors (Lipinski definition) is 0. The van der Waals surface area contributed by atoms with Crippen LogP contribution >= 0.6 is 15.9 Å². The van der Waals surface area contributed by atoms with Gasteiger partial charge in [-0.05, 0) is 36.4 Å². The topological polar surface area (TPSA) is 35.5 Å². The fraction of sp³-hybridized carbons (Fsp3) is 0.133. The standard InChI is InChI=1S/C15H12BrFO3/c16-12-4-6-13(7-5-12)19-8-9-20-15-11(10-18)2-1-3-14(15)17/h1-7,10H,8-9H2. The Labute approximate surface area is 124 Å². The molecule has 20 heavy (non-hydrogen) atoms. The van der Waals surface area contributed by atoms with E-state index in [-0.39, 0.29) is 24.5 Å². The van der Waals surface area contributed by atoms with Gasteiger partial charge in [0.05, 0.1) is 5.56 Å². The minimum Gasteiger partial charge on any atom is -0.490 e. The van der Waals surface area contributed by atoms with Crippen molar-refractivity contribution in [2.45, 2.75) is 0 Å². The number of halogens is 2. The lowest BCUT2D eigenvalue weighted by atomic mass is 10.2. The molecule has 104 valence electrons. The molecule has 0 aliphatic carbocycles. The average Bonchev–Trinajstić information content (AvgIpc) is 2.46. The molecule has 0 bridgehead atoms. The van der Waals surface area contributed by atoms with Crippen LogP contribution in [0.1, 0.15) is 10.4 Å². The van der Waals surface area contributed by atoms with Crippen LogP contribution in [0.4, 0.5) is 4.39 Å². The number of benzene rings is 2. The van der Waals surface area contributed by atoms with Crippen LogP contribution in [0.2, 0.25) is 0 Å². The van der Waals surface area contributed by atoms with Gasteiger partial charge in [-0.2, -0.15) is 0 Å². The molecule has 0 radical (unpaired) electrons. The third-order valence-electron chi connectivity index (χ3n) is 2.54. The molecule has 0 spiro atoms. The van der Waals surface area contributed by atoms with Gasteiger partial charge >= 0.3 is 0 Å². The minimum absolute atomic E-state index is 0.0399. The first kappa shape index (κ1) is 14.5. The lowest BCUT2D eigenvalue weighted by molar-refractivity contribution is 0.111. The summed E-state index contributed by atoms with van der Waals surface area (Å²) in [6, 6.07) is 11.5. The normalized spacial score (nSPS) is 10.1. The van der Waals surface area contributed by atoms with E-state index in [9.17, 15) is 9.18 Å². The molecule has 2 rings (SSSR count). The fourth-order valence-electron chi connectivity index (χ4n) is 1.60. The molecule has 0 fully saturated rings. The Morgan fingerprint density at radius 2 is 1.75 bits per heavy atom. The highest BCUT2D eigenvalue weighted by Gasteiger charge is 2.08. The zero-order valence-corrected chi connectivity index (χ0v) is 12.1. The van der Waals surface area contributed by atoms with Crippen LogP contribution in [-0.4, -0.2) is 19.5 Å². The second kappa shape index (κ2) is 7.05. The molecule has 2 aromatic carbocycles. The van der Waals surface area contributed by atoms with Gasteiger partial charge in [-0.15, -0.1) is 0 Å². The van der Waals surface area contributed by atoms with Gasteiger partial charge in [0.1, 0.15) is 19.0 Å². The highest BCUT2D eigenvalue weighted by atomic mass is 79.9. The van der Waals surface area contributed by atoms with Crippen molar-refractivity contribution in [3.63, 3.8) is 0 Å². The lowest BCUT2D eigenvalue weighted by Crippen LogP contribution is -2.10. The minimum atomic E-state index is -0.557. The highest BCUT2D eigenvalue weighted by molar-refractivity contribution is 9.10. The first-order chi connectivity index (χ1) is 9.70. The quantitative estimate of drug-likeness (QED) is 0.592. The van der Waals surface area contributed by atoms with Crippen molar-refractivity contribution in [3.8, 4) is 11.5 Å². The Kier molecular flexibility index (Phi) is 5.12. The van der Waals surface area contributed by atoms with Crippen LogP contribution in [0, 0.1) is 5.82 Å².